The second-order valence-electron chi connectivity index (χ2n) is 6.04. The number of carbonyl (C=O) groups is 2. The van der Waals surface area contributed by atoms with Crippen LogP contribution in [0.4, 0.5) is 11.4 Å². The lowest BCUT2D eigenvalue weighted by atomic mass is 10.0. The molecule has 0 saturated heterocycles. The van der Waals surface area contributed by atoms with Crippen molar-refractivity contribution in [1.82, 2.24) is 0 Å². The molecule has 0 N–H and O–H groups in total. The number of nitro benzene ring substituents is 1. The van der Waals surface area contributed by atoms with Gasteiger partial charge in [-0.2, -0.15) is 0 Å². The van der Waals surface area contributed by atoms with E-state index in [0.717, 1.165) is 0 Å². The van der Waals surface area contributed by atoms with Crippen LogP contribution in [0.5, 0.6) is 5.75 Å². The summed E-state index contributed by atoms with van der Waals surface area (Å²) < 4.78 is 5.67. The van der Waals surface area contributed by atoms with E-state index in [1.807, 2.05) is 0 Å². The van der Waals surface area contributed by atoms with Crippen molar-refractivity contribution in [2.24, 2.45) is 0 Å². The second-order valence-corrected chi connectivity index (χ2v) is 6.04. The van der Waals surface area contributed by atoms with Crippen LogP contribution in [0.1, 0.15) is 30.6 Å². The van der Waals surface area contributed by atoms with Crippen molar-refractivity contribution in [3.63, 3.8) is 0 Å². The number of nitro groups is 1. The molecular formula is C19H18N2O5. The van der Waals surface area contributed by atoms with Crippen molar-refractivity contribution in [3.8, 4) is 5.75 Å². The first-order valence-corrected chi connectivity index (χ1v) is 8.31. The first-order chi connectivity index (χ1) is 12.4. The summed E-state index contributed by atoms with van der Waals surface area (Å²) >= 11 is 0. The van der Waals surface area contributed by atoms with Gasteiger partial charge < -0.3 is 4.74 Å². The van der Waals surface area contributed by atoms with E-state index in [9.17, 15) is 19.7 Å². The number of fused-ring (bicyclic) bond motifs is 1. The van der Waals surface area contributed by atoms with Crippen LogP contribution < -0.4 is 9.64 Å². The Morgan fingerprint density at radius 3 is 2.58 bits per heavy atom. The van der Waals surface area contributed by atoms with Gasteiger partial charge in [-0.3, -0.25) is 24.6 Å². The fourth-order valence-electron chi connectivity index (χ4n) is 3.00. The molecule has 0 spiro atoms. The maximum absolute atomic E-state index is 12.9. The number of carbonyl (C=O) groups excluding carboxylic acids is 2. The molecule has 2 unspecified atom stereocenters. The third kappa shape index (κ3) is 3.03. The van der Waals surface area contributed by atoms with Crippen LogP contribution in [0.2, 0.25) is 0 Å². The van der Waals surface area contributed by atoms with Gasteiger partial charge in [-0.15, -0.1) is 0 Å². The van der Waals surface area contributed by atoms with E-state index in [-0.39, 0.29) is 23.1 Å². The second kappa shape index (κ2) is 6.95. The Morgan fingerprint density at radius 1 is 1.27 bits per heavy atom. The molecule has 1 aliphatic heterocycles. The van der Waals surface area contributed by atoms with E-state index in [4.69, 9.17) is 4.74 Å². The highest BCUT2D eigenvalue weighted by Gasteiger charge is 2.39. The van der Waals surface area contributed by atoms with E-state index < -0.39 is 17.1 Å². The molecule has 0 aromatic heterocycles. The van der Waals surface area contributed by atoms with Gasteiger partial charge in [0.1, 0.15) is 5.75 Å². The summed E-state index contributed by atoms with van der Waals surface area (Å²) in [6.45, 7) is 3.43. The van der Waals surface area contributed by atoms with E-state index >= 15 is 0 Å². The molecule has 0 aliphatic carbocycles. The van der Waals surface area contributed by atoms with Gasteiger partial charge in [0.25, 0.3) is 11.6 Å². The van der Waals surface area contributed by atoms with Crippen molar-refractivity contribution >= 4 is 23.1 Å². The van der Waals surface area contributed by atoms with Crippen LogP contribution in [0, 0.1) is 10.1 Å². The van der Waals surface area contributed by atoms with Crippen molar-refractivity contribution in [1.29, 1.82) is 0 Å². The Bertz CT molecular complexity index is 865. The lowest BCUT2D eigenvalue weighted by Gasteiger charge is -2.37. The number of ether oxygens (including phenoxy) is 1. The van der Waals surface area contributed by atoms with E-state index in [0.29, 0.717) is 17.7 Å². The standard InChI is InChI=1S/C19H18N2O5/c1-3-16-19(23)20(12(2)18(22)13-7-5-4-6-8-13)15-11-14(21(24)25)9-10-17(15)26-16/h4-12,16H,3H2,1-2H3. The largest absolute Gasteiger partial charge is 0.478 e. The predicted octanol–water partition coefficient (Wildman–Crippen LogP) is 3.37. The smallest absolute Gasteiger partial charge is 0.271 e. The van der Waals surface area contributed by atoms with Gasteiger partial charge >= 0.3 is 0 Å². The monoisotopic (exact) mass is 354 g/mol. The normalized spacial score (nSPS) is 17.2. The molecule has 2 atom stereocenters. The maximum Gasteiger partial charge on any atom is 0.271 e. The molecule has 0 radical (unpaired) electrons. The van der Waals surface area contributed by atoms with Crippen molar-refractivity contribution in [2.75, 3.05) is 4.90 Å². The average molecular weight is 354 g/mol. The minimum absolute atomic E-state index is 0.167. The zero-order valence-corrected chi connectivity index (χ0v) is 14.4. The number of amides is 1. The Labute approximate surface area is 150 Å². The molecule has 0 saturated carbocycles. The van der Waals surface area contributed by atoms with Gasteiger partial charge in [-0.25, -0.2) is 0 Å². The maximum atomic E-state index is 12.9. The third-order valence-electron chi connectivity index (χ3n) is 4.39. The first-order valence-electron chi connectivity index (χ1n) is 8.31. The van der Waals surface area contributed by atoms with Crippen LogP contribution >= 0.6 is 0 Å². The first kappa shape index (κ1) is 17.6. The van der Waals surface area contributed by atoms with Crippen LogP contribution in [-0.2, 0) is 4.79 Å². The van der Waals surface area contributed by atoms with E-state index in [1.165, 1.54) is 23.1 Å². The molecule has 1 aliphatic rings. The number of hydrogen-bond acceptors (Lipinski definition) is 5. The minimum Gasteiger partial charge on any atom is -0.478 e. The summed E-state index contributed by atoms with van der Waals surface area (Å²) in [5.74, 6) is -0.264. The van der Waals surface area contributed by atoms with Crippen molar-refractivity contribution in [2.45, 2.75) is 32.4 Å². The molecule has 3 rings (SSSR count). The molecular weight excluding hydrogens is 336 g/mol. The van der Waals surface area contributed by atoms with Crippen LogP contribution in [-0.4, -0.2) is 28.8 Å². The molecule has 2 aromatic rings. The summed E-state index contributed by atoms with van der Waals surface area (Å²) in [4.78, 5) is 37.6. The highest BCUT2D eigenvalue weighted by atomic mass is 16.6. The number of benzene rings is 2. The summed E-state index contributed by atoms with van der Waals surface area (Å²) in [7, 11) is 0. The van der Waals surface area contributed by atoms with Gasteiger partial charge in [0, 0.05) is 17.7 Å². The van der Waals surface area contributed by atoms with Crippen LogP contribution in [0.15, 0.2) is 48.5 Å². The molecule has 0 bridgehead atoms. The Balaban J connectivity index is 2.06. The highest BCUT2D eigenvalue weighted by molar-refractivity contribution is 6.10. The molecule has 7 heteroatoms. The Morgan fingerprint density at radius 2 is 1.96 bits per heavy atom. The lowest BCUT2D eigenvalue weighted by molar-refractivity contribution is -0.384. The average Bonchev–Trinajstić information content (AvgIpc) is 2.66. The van der Waals surface area contributed by atoms with Gasteiger partial charge in [0.2, 0.25) is 0 Å². The third-order valence-corrected chi connectivity index (χ3v) is 4.39. The number of rotatable bonds is 5. The van der Waals surface area contributed by atoms with Gasteiger partial charge in [-0.1, -0.05) is 37.3 Å². The topological polar surface area (TPSA) is 89.8 Å². The molecule has 1 amide bonds. The quantitative estimate of drug-likeness (QED) is 0.466. The van der Waals surface area contributed by atoms with Crippen molar-refractivity contribution in [3.05, 3.63) is 64.2 Å². The zero-order chi connectivity index (χ0) is 18.8. The summed E-state index contributed by atoms with van der Waals surface area (Å²) in [5, 5.41) is 11.1. The van der Waals surface area contributed by atoms with E-state index in [2.05, 4.69) is 0 Å². The molecule has 2 aromatic carbocycles. The molecule has 7 nitrogen and oxygen atoms in total. The number of anilines is 1. The predicted molar refractivity (Wildman–Crippen MR) is 95.5 cm³/mol. The number of hydrogen-bond donors (Lipinski definition) is 0. The molecule has 134 valence electrons. The SMILES string of the molecule is CCC1Oc2ccc([N+](=O)[O-])cc2N(C(C)C(=O)c2ccccc2)C1=O. The fraction of sp³-hybridized carbons (Fsp3) is 0.263. The minimum atomic E-state index is -0.816. The Hall–Kier alpha value is -3.22. The van der Waals surface area contributed by atoms with Gasteiger partial charge in [0.05, 0.1) is 16.7 Å². The molecule has 26 heavy (non-hydrogen) atoms. The van der Waals surface area contributed by atoms with Crippen molar-refractivity contribution < 1.29 is 19.2 Å². The Kier molecular flexibility index (Phi) is 4.71. The summed E-state index contributed by atoms with van der Waals surface area (Å²) in [5.41, 5.74) is 0.546. The summed E-state index contributed by atoms with van der Waals surface area (Å²) in [6.07, 6.45) is -0.298. The number of nitrogens with zero attached hydrogens (tertiary/aromatic N) is 2. The lowest BCUT2D eigenvalue weighted by Crippen LogP contribution is -2.52. The summed E-state index contributed by atoms with van der Waals surface area (Å²) in [6, 6.07) is 11.9. The number of non-ortho nitro benzene ring substituents is 1. The number of Topliss-reactive ketones (excluding diaryl/α,β-unsaturated/α-hetero) is 1. The molecule has 1 heterocycles. The van der Waals surface area contributed by atoms with E-state index in [1.54, 1.807) is 44.2 Å². The highest BCUT2D eigenvalue weighted by Crippen LogP contribution is 2.39. The molecule has 0 fully saturated rings. The fourth-order valence-corrected chi connectivity index (χ4v) is 3.00. The van der Waals surface area contributed by atoms with Crippen LogP contribution in [0.3, 0.4) is 0 Å². The zero-order valence-electron chi connectivity index (χ0n) is 14.4. The number of ketones is 1. The van der Waals surface area contributed by atoms with Gasteiger partial charge in [-0.05, 0) is 19.4 Å². The van der Waals surface area contributed by atoms with Gasteiger partial charge in [0.15, 0.2) is 11.9 Å². The van der Waals surface area contributed by atoms with Crippen LogP contribution in [0.25, 0.3) is 0 Å².